The van der Waals surface area contributed by atoms with Gasteiger partial charge in [-0.2, -0.15) is 0 Å². The van der Waals surface area contributed by atoms with Crippen LogP contribution in [0.4, 0.5) is 4.39 Å². The summed E-state index contributed by atoms with van der Waals surface area (Å²) in [6.45, 7) is 1.96. The molecule has 0 fully saturated rings. The van der Waals surface area contributed by atoms with E-state index in [9.17, 15) is 4.39 Å². The van der Waals surface area contributed by atoms with Crippen molar-refractivity contribution in [2.75, 3.05) is 0 Å². The van der Waals surface area contributed by atoms with E-state index in [1.807, 2.05) is 19.1 Å². The second kappa shape index (κ2) is 4.63. The molecule has 96 valence electrons. The monoisotopic (exact) mass is 275 g/mol. The van der Waals surface area contributed by atoms with Crippen molar-refractivity contribution in [3.05, 3.63) is 53.7 Å². The SMILES string of the molecule is Cc1ccnc2c1nc(CCl)n2-c1cccc(F)c1. The molecule has 0 unspecified atom stereocenters. The first-order valence-electron chi connectivity index (χ1n) is 5.85. The van der Waals surface area contributed by atoms with Gasteiger partial charge in [0.1, 0.15) is 17.2 Å². The normalized spacial score (nSPS) is 11.1. The highest BCUT2D eigenvalue weighted by Gasteiger charge is 2.14. The van der Waals surface area contributed by atoms with Crippen molar-refractivity contribution in [2.45, 2.75) is 12.8 Å². The Hall–Kier alpha value is -1.94. The Bertz CT molecular complexity index is 752. The van der Waals surface area contributed by atoms with Crippen molar-refractivity contribution in [1.82, 2.24) is 14.5 Å². The molecule has 5 heteroatoms. The van der Waals surface area contributed by atoms with Crippen molar-refractivity contribution >= 4 is 22.8 Å². The number of fused-ring (bicyclic) bond motifs is 1. The number of alkyl halides is 1. The van der Waals surface area contributed by atoms with E-state index in [-0.39, 0.29) is 11.7 Å². The van der Waals surface area contributed by atoms with E-state index < -0.39 is 0 Å². The first kappa shape index (κ1) is 12.1. The summed E-state index contributed by atoms with van der Waals surface area (Å²) in [5.41, 5.74) is 3.19. The lowest BCUT2D eigenvalue weighted by atomic mass is 10.2. The molecular weight excluding hydrogens is 265 g/mol. The molecule has 0 radical (unpaired) electrons. The molecule has 0 aliphatic rings. The number of hydrogen-bond donors (Lipinski definition) is 0. The number of hydrogen-bond acceptors (Lipinski definition) is 2. The molecule has 0 amide bonds. The lowest BCUT2D eigenvalue weighted by molar-refractivity contribution is 0.626. The Morgan fingerprint density at radius 3 is 2.89 bits per heavy atom. The Morgan fingerprint density at radius 1 is 1.32 bits per heavy atom. The van der Waals surface area contributed by atoms with Crippen LogP contribution in [0, 0.1) is 12.7 Å². The molecule has 0 atom stereocenters. The maximum atomic E-state index is 13.4. The molecule has 2 heterocycles. The third-order valence-electron chi connectivity index (χ3n) is 3.00. The van der Waals surface area contributed by atoms with Crippen LogP contribution >= 0.6 is 11.6 Å². The van der Waals surface area contributed by atoms with Crippen LogP contribution in [0.3, 0.4) is 0 Å². The fourth-order valence-electron chi connectivity index (χ4n) is 2.12. The summed E-state index contributed by atoms with van der Waals surface area (Å²) < 4.78 is 15.2. The van der Waals surface area contributed by atoms with Gasteiger partial charge in [0.05, 0.1) is 11.6 Å². The minimum Gasteiger partial charge on any atom is -0.280 e. The Kier molecular flexibility index (Phi) is 2.95. The number of nitrogens with zero attached hydrogens (tertiary/aromatic N) is 3. The summed E-state index contributed by atoms with van der Waals surface area (Å²) in [6, 6.07) is 8.21. The van der Waals surface area contributed by atoms with Crippen LogP contribution in [0.2, 0.25) is 0 Å². The van der Waals surface area contributed by atoms with Crippen molar-refractivity contribution in [2.24, 2.45) is 0 Å². The molecule has 2 aromatic heterocycles. The Balaban J connectivity index is 2.36. The van der Waals surface area contributed by atoms with Crippen molar-refractivity contribution < 1.29 is 4.39 Å². The van der Waals surface area contributed by atoms with E-state index in [4.69, 9.17) is 11.6 Å². The molecule has 1 aromatic carbocycles. The number of pyridine rings is 1. The first-order valence-corrected chi connectivity index (χ1v) is 6.39. The van der Waals surface area contributed by atoms with Crippen LogP contribution in [0.15, 0.2) is 36.5 Å². The number of aromatic nitrogens is 3. The predicted octanol–water partition coefficient (Wildman–Crippen LogP) is 3.61. The van der Waals surface area contributed by atoms with Crippen molar-refractivity contribution in [3.63, 3.8) is 0 Å². The van der Waals surface area contributed by atoms with Crippen LogP contribution < -0.4 is 0 Å². The van der Waals surface area contributed by atoms with E-state index in [0.717, 1.165) is 11.1 Å². The van der Waals surface area contributed by atoms with Gasteiger partial charge in [0.2, 0.25) is 0 Å². The van der Waals surface area contributed by atoms with Gasteiger partial charge in [-0.05, 0) is 36.8 Å². The van der Waals surface area contributed by atoms with Gasteiger partial charge in [0, 0.05) is 6.20 Å². The zero-order valence-corrected chi connectivity index (χ0v) is 11.0. The molecule has 0 saturated heterocycles. The van der Waals surface area contributed by atoms with Crippen LogP contribution in [-0.2, 0) is 5.88 Å². The van der Waals surface area contributed by atoms with E-state index in [2.05, 4.69) is 9.97 Å². The number of rotatable bonds is 2. The fourth-order valence-corrected chi connectivity index (χ4v) is 2.29. The van der Waals surface area contributed by atoms with E-state index in [1.165, 1.54) is 12.1 Å². The summed E-state index contributed by atoms with van der Waals surface area (Å²) in [4.78, 5) is 8.82. The van der Waals surface area contributed by atoms with Gasteiger partial charge < -0.3 is 0 Å². The average molecular weight is 276 g/mol. The molecule has 3 aromatic rings. The quantitative estimate of drug-likeness (QED) is 0.669. The van der Waals surface area contributed by atoms with Gasteiger partial charge in [0.25, 0.3) is 0 Å². The second-order valence-corrected chi connectivity index (χ2v) is 4.54. The Morgan fingerprint density at radius 2 is 2.16 bits per heavy atom. The van der Waals surface area contributed by atoms with Crippen LogP contribution in [0.1, 0.15) is 11.4 Å². The summed E-state index contributed by atoms with van der Waals surface area (Å²) in [6.07, 6.45) is 1.72. The molecule has 3 nitrogen and oxygen atoms in total. The van der Waals surface area contributed by atoms with Gasteiger partial charge in [-0.3, -0.25) is 4.57 Å². The minimum absolute atomic E-state index is 0.242. The molecule has 0 bridgehead atoms. The second-order valence-electron chi connectivity index (χ2n) is 4.28. The number of imidazole rings is 1. The van der Waals surface area contributed by atoms with Crippen molar-refractivity contribution in [1.29, 1.82) is 0 Å². The first-order chi connectivity index (χ1) is 9.20. The lowest BCUT2D eigenvalue weighted by Gasteiger charge is -2.07. The minimum atomic E-state index is -0.299. The van der Waals surface area contributed by atoms with Crippen LogP contribution in [0.5, 0.6) is 0 Å². The highest BCUT2D eigenvalue weighted by atomic mass is 35.5. The zero-order chi connectivity index (χ0) is 13.4. The van der Waals surface area contributed by atoms with Crippen LogP contribution in [-0.4, -0.2) is 14.5 Å². The van der Waals surface area contributed by atoms with Gasteiger partial charge >= 0.3 is 0 Å². The highest BCUT2D eigenvalue weighted by molar-refractivity contribution is 6.17. The maximum Gasteiger partial charge on any atom is 0.164 e. The lowest BCUT2D eigenvalue weighted by Crippen LogP contribution is -2.00. The molecule has 0 aliphatic heterocycles. The Labute approximate surface area is 114 Å². The molecule has 0 N–H and O–H groups in total. The molecule has 0 aliphatic carbocycles. The van der Waals surface area contributed by atoms with Crippen LogP contribution in [0.25, 0.3) is 16.9 Å². The molecule has 0 saturated carbocycles. The average Bonchev–Trinajstić information content (AvgIpc) is 2.78. The number of benzene rings is 1. The molecule has 3 rings (SSSR count). The largest absolute Gasteiger partial charge is 0.280 e. The molecule has 19 heavy (non-hydrogen) atoms. The summed E-state index contributed by atoms with van der Waals surface area (Å²) in [5.74, 6) is 0.600. The van der Waals surface area contributed by atoms with E-state index in [0.29, 0.717) is 17.2 Å². The topological polar surface area (TPSA) is 30.7 Å². The van der Waals surface area contributed by atoms with Gasteiger partial charge in [-0.1, -0.05) is 6.07 Å². The van der Waals surface area contributed by atoms with Gasteiger partial charge in [0.15, 0.2) is 5.65 Å². The summed E-state index contributed by atoms with van der Waals surface area (Å²) in [7, 11) is 0. The van der Waals surface area contributed by atoms with E-state index in [1.54, 1.807) is 16.8 Å². The number of aryl methyl sites for hydroxylation is 1. The summed E-state index contributed by atoms with van der Waals surface area (Å²) in [5, 5.41) is 0. The molecule has 0 spiro atoms. The van der Waals surface area contributed by atoms with E-state index >= 15 is 0 Å². The molecular formula is C14H11ClFN3. The van der Waals surface area contributed by atoms with Gasteiger partial charge in [-0.15, -0.1) is 11.6 Å². The standard InChI is InChI=1S/C14H11ClFN3/c1-9-5-6-17-14-13(9)18-12(8-15)19(14)11-4-2-3-10(16)7-11/h2-7H,8H2,1H3. The van der Waals surface area contributed by atoms with Crippen molar-refractivity contribution in [3.8, 4) is 5.69 Å². The fraction of sp³-hybridized carbons (Fsp3) is 0.143. The summed E-state index contributed by atoms with van der Waals surface area (Å²) >= 11 is 5.94. The predicted molar refractivity (Wildman–Crippen MR) is 73.1 cm³/mol. The smallest absolute Gasteiger partial charge is 0.164 e. The zero-order valence-electron chi connectivity index (χ0n) is 10.3. The third kappa shape index (κ3) is 1.98. The van der Waals surface area contributed by atoms with Gasteiger partial charge in [-0.25, -0.2) is 14.4 Å². The highest BCUT2D eigenvalue weighted by Crippen LogP contribution is 2.23. The maximum absolute atomic E-state index is 13.4. The number of halogens is 2. The third-order valence-corrected chi connectivity index (χ3v) is 3.24.